The van der Waals surface area contributed by atoms with Gasteiger partial charge in [0, 0.05) is 22.6 Å². The van der Waals surface area contributed by atoms with Crippen molar-refractivity contribution in [2.24, 2.45) is 0 Å². The lowest BCUT2D eigenvalue weighted by Crippen LogP contribution is -2.28. The topological polar surface area (TPSA) is 72.7 Å². The third-order valence-electron chi connectivity index (χ3n) is 4.62. The maximum absolute atomic E-state index is 12.6. The van der Waals surface area contributed by atoms with E-state index in [1.165, 1.54) is 0 Å². The maximum Gasteiger partial charge on any atom is 0.251 e. The molecule has 0 saturated heterocycles. The van der Waals surface area contributed by atoms with E-state index in [-0.39, 0.29) is 18.4 Å². The van der Waals surface area contributed by atoms with Crippen molar-refractivity contribution in [3.8, 4) is 5.95 Å². The third kappa shape index (κ3) is 4.22. The minimum absolute atomic E-state index is 0.0292. The first kappa shape index (κ1) is 18.8. The Morgan fingerprint density at radius 1 is 1.07 bits per heavy atom. The lowest BCUT2D eigenvalue weighted by molar-refractivity contribution is -0.121. The molecular formula is C21H25N5O. The van der Waals surface area contributed by atoms with Crippen molar-refractivity contribution in [3.63, 3.8) is 0 Å². The van der Waals surface area contributed by atoms with E-state index in [4.69, 9.17) is 0 Å². The highest BCUT2D eigenvalue weighted by Crippen LogP contribution is 2.18. The first-order valence-corrected chi connectivity index (χ1v) is 9.07. The van der Waals surface area contributed by atoms with Gasteiger partial charge in [-0.1, -0.05) is 30.3 Å². The van der Waals surface area contributed by atoms with Crippen LogP contribution in [0.3, 0.4) is 0 Å². The second-order valence-electron chi connectivity index (χ2n) is 6.89. The lowest BCUT2D eigenvalue weighted by Gasteiger charge is -2.14. The van der Waals surface area contributed by atoms with Crippen molar-refractivity contribution in [2.45, 2.75) is 47.1 Å². The van der Waals surface area contributed by atoms with E-state index in [1.807, 2.05) is 71.0 Å². The molecule has 2 heterocycles. The van der Waals surface area contributed by atoms with Crippen molar-refractivity contribution in [1.29, 1.82) is 0 Å². The summed E-state index contributed by atoms with van der Waals surface area (Å²) in [6, 6.07) is 11.8. The predicted molar refractivity (Wildman–Crippen MR) is 105 cm³/mol. The molecule has 3 rings (SSSR count). The molecule has 0 radical (unpaired) electrons. The van der Waals surface area contributed by atoms with Crippen LogP contribution in [0.15, 0.2) is 36.4 Å². The molecular weight excluding hydrogens is 338 g/mol. The summed E-state index contributed by atoms with van der Waals surface area (Å²) in [4.78, 5) is 21.5. The highest BCUT2D eigenvalue weighted by molar-refractivity contribution is 5.79. The number of aryl methyl sites for hydroxylation is 3. The average molecular weight is 363 g/mol. The summed E-state index contributed by atoms with van der Waals surface area (Å²) in [5.41, 5.74) is 5.48. The number of amides is 1. The van der Waals surface area contributed by atoms with Crippen molar-refractivity contribution in [3.05, 3.63) is 70.3 Å². The number of rotatable bonds is 5. The minimum Gasteiger partial charge on any atom is -0.349 e. The van der Waals surface area contributed by atoms with E-state index in [0.717, 1.165) is 33.9 Å². The number of aromatic nitrogens is 4. The van der Waals surface area contributed by atoms with E-state index >= 15 is 0 Å². The molecule has 0 fully saturated rings. The highest BCUT2D eigenvalue weighted by atomic mass is 16.1. The fourth-order valence-electron chi connectivity index (χ4n) is 3.21. The summed E-state index contributed by atoms with van der Waals surface area (Å²) < 4.78 is 1.72. The van der Waals surface area contributed by atoms with Gasteiger partial charge in [-0.15, -0.1) is 0 Å². The lowest BCUT2D eigenvalue weighted by atomic mass is 10.1. The Balaban J connectivity index is 1.79. The number of carbonyl (C=O) groups is 1. The Kier molecular flexibility index (Phi) is 5.35. The van der Waals surface area contributed by atoms with Crippen LogP contribution in [0.2, 0.25) is 0 Å². The zero-order valence-corrected chi connectivity index (χ0v) is 16.4. The van der Waals surface area contributed by atoms with Gasteiger partial charge in [0.15, 0.2) is 0 Å². The van der Waals surface area contributed by atoms with E-state index in [9.17, 15) is 4.79 Å². The molecule has 1 N–H and O–H groups in total. The largest absolute Gasteiger partial charge is 0.349 e. The molecule has 0 aliphatic carbocycles. The van der Waals surface area contributed by atoms with Crippen LogP contribution in [0.5, 0.6) is 0 Å². The summed E-state index contributed by atoms with van der Waals surface area (Å²) in [6.07, 6.45) is 0.277. The fourth-order valence-corrected chi connectivity index (χ4v) is 3.21. The Morgan fingerprint density at radius 2 is 1.70 bits per heavy atom. The molecule has 0 aliphatic rings. The first-order valence-electron chi connectivity index (χ1n) is 9.07. The second-order valence-corrected chi connectivity index (χ2v) is 6.89. The highest BCUT2D eigenvalue weighted by Gasteiger charge is 2.18. The predicted octanol–water partition coefficient (Wildman–Crippen LogP) is 3.32. The van der Waals surface area contributed by atoms with E-state index in [0.29, 0.717) is 5.95 Å². The number of nitrogens with one attached hydrogen (secondary N) is 1. The van der Waals surface area contributed by atoms with Gasteiger partial charge in [-0.05, 0) is 46.2 Å². The van der Waals surface area contributed by atoms with Crippen LogP contribution < -0.4 is 5.32 Å². The number of carbonyl (C=O) groups excluding carboxylic acids is 1. The minimum atomic E-state index is -0.0443. The zero-order valence-electron chi connectivity index (χ0n) is 16.4. The van der Waals surface area contributed by atoms with Crippen LogP contribution in [0.1, 0.15) is 46.9 Å². The van der Waals surface area contributed by atoms with Gasteiger partial charge in [0.2, 0.25) is 5.91 Å². The van der Waals surface area contributed by atoms with Crippen LogP contribution in [0, 0.1) is 27.7 Å². The van der Waals surface area contributed by atoms with E-state index in [1.54, 1.807) is 4.68 Å². The molecule has 3 aromatic rings. The van der Waals surface area contributed by atoms with Crippen LogP contribution in [0.25, 0.3) is 5.95 Å². The zero-order chi connectivity index (χ0) is 19.6. The summed E-state index contributed by atoms with van der Waals surface area (Å²) in [6.45, 7) is 9.71. The Hall–Kier alpha value is -3.02. The van der Waals surface area contributed by atoms with E-state index < -0.39 is 0 Å². The molecule has 1 unspecified atom stereocenters. The van der Waals surface area contributed by atoms with E-state index in [2.05, 4.69) is 20.4 Å². The SMILES string of the molecule is Cc1cc(C)nc(-n2nc(C)c(CC(=O)NC(C)c3ccccc3)c2C)n1. The Labute approximate surface area is 159 Å². The van der Waals surface area contributed by atoms with Gasteiger partial charge in [0.05, 0.1) is 18.2 Å². The molecule has 0 bridgehead atoms. The summed E-state index contributed by atoms with van der Waals surface area (Å²) in [7, 11) is 0. The molecule has 0 aliphatic heterocycles. The second kappa shape index (κ2) is 7.70. The van der Waals surface area contributed by atoms with Crippen LogP contribution in [0.4, 0.5) is 0 Å². The number of nitrogens with zero attached hydrogens (tertiary/aromatic N) is 4. The van der Waals surface area contributed by atoms with Crippen LogP contribution in [-0.4, -0.2) is 25.7 Å². The number of hydrogen-bond donors (Lipinski definition) is 1. The van der Waals surface area contributed by atoms with Crippen molar-refractivity contribution in [1.82, 2.24) is 25.1 Å². The van der Waals surface area contributed by atoms with Gasteiger partial charge < -0.3 is 5.32 Å². The maximum atomic E-state index is 12.6. The number of hydrogen-bond acceptors (Lipinski definition) is 4. The van der Waals surface area contributed by atoms with Crippen molar-refractivity contribution >= 4 is 5.91 Å². The fraction of sp³-hybridized carbons (Fsp3) is 0.333. The molecule has 0 spiro atoms. The van der Waals surface area contributed by atoms with Gasteiger partial charge in [-0.3, -0.25) is 4.79 Å². The average Bonchev–Trinajstić information content (AvgIpc) is 2.90. The molecule has 6 heteroatoms. The van der Waals surface area contributed by atoms with Gasteiger partial charge in [0.25, 0.3) is 5.95 Å². The van der Waals surface area contributed by atoms with Crippen LogP contribution in [-0.2, 0) is 11.2 Å². The Morgan fingerprint density at radius 3 is 2.33 bits per heavy atom. The van der Waals surface area contributed by atoms with Crippen LogP contribution >= 0.6 is 0 Å². The smallest absolute Gasteiger partial charge is 0.251 e. The molecule has 6 nitrogen and oxygen atoms in total. The molecule has 1 atom stereocenters. The van der Waals surface area contributed by atoms with Gasteiger partial charge in [-0.2, -0.15) is 5.10 Å². The molecule has 27 heavy (non-hydrogen) atoms. The van der Waals surface area contributed by atoms with Gasteiger partial charge >= 0.3 is 0 Å². The summed E-state index contributed by atoms with van der Waals surface area (Å²) in [5, 5.41) is 7.62. The Bertz CT molecular complexity index is 942. The quantitative estimate of drug-likeness (QED) is 0.755. The van der Waals surface area contributed by atoms with Crippen molar-refractivity contribution in [2.75, 3.05) is 0 Å². The number of benzene rings is 1. The normalized spacial score (nSPS) is 12.0. The first-order chi connectivity index (χ1) is 12.8. The summed E-state index contributed by atoms with van der Waals surface area (Å²) in [5.74, 6) is 0.510. The molecule has 1 amide bonds. The molecule has 2 aromatic heterocycles. The van der Waals surface area contributed by atoms with Gasteiger partial charge in [-0.25, -0.2) is 14.6 Å². The standard InChI is InChI=1S/C21H25N5O/c1-13-11-14(2)23-21(22-13)26-17(5)19(16(4)25-26)12-20(27)24-15(3)18-9-7-6-8-10-18/h6-11,15H,12H2,1-5H3,(H,24,27). The van der Waals surface area contributed by atoms with Gasteiger partial charge in [0.1, 0.15) is 0 Å². The molecule has 0 saturated carbocycles. The van der Waals surface area contributed by atoms with Crippen molar-refractivity contribution < 1.29 is 4.79 Å². The molecule has 1 aromatic carbocycles. The third-order valence-corrected chi connectivity index (χ3v) is 4.62. The summed E-state index contributed by atoms with van der Waals surface area (Å²) >= 11 is 0. The monoisotopic (exact) mass is 363 g/mol. The molecule has 140 valence electrons.